The van der Waals surface area contributed by atoms with Crippen LogP contribution < -0.4 is 19.9 Å². The van der Waals surface area contributed by atoms with Gasteiger partial charge in [0.1, 0.15) is 47.3 Å². The summed E-state index contributed by atoms with van der Waals surface area (Å²) in [7, 11) is 0. The highest BCUT2D eigenvalue weighted by Crippen LogP contribution is 2.42. The summed E-state index contributed by atoms with van der Waals surface area (Å²) in [4.78, 5) is 26.0. The van der Waals surface area contributed by atoms with Gasteiger partial charge in [0.2, 0.25) is 0 Å². The van der Waals surface area contributed by atoms with E-state index >= 15 is 0 Å². The first-order chi connectivity index (χ1) is 24.2. The Balaban J connectivity index is 0.927. The Labute approximate surface area is 287 Å². The number of pyridine rings is 1. The van der Waals surface area contributed by atoms with Gasteiger partial charge in [0.05, 0.1) is 25.5 Å². The maximum Gasteiger partial charge on any atom is 0.255 e. The third-order valence-corrected chi connectivity index (χ3v) is 9.22. The van der Waals surface area contributed by atoms with Gasteiger partial charge in [0.25, 0.3) is 5.91 Å². The lowest BCUT2D eigenvalue weighted by atomic mass is 9.87. The number of aryl methyl sites for hydroxylation is 1. The van der Waals surface area contributed by atoms with Gasteiger partial charge in [0.15, 0.2) is 0 Å². The Morgan fingerprint density at radius 3 is 2.38 bits per heavy atom. The van der Waals surface area contributed by atoms with Crippen LogP contribution in [0.15, 0.2) is 91.5 Å². The minimum absolute atomic E-state index is 0.0478. The number of hydrogen-bond acceptors (Lipinski definition) is 8. The number of piperazine rings is 1. The molecule has 0 spiro atoms. The monoisotopic (exact) mass is 683 g/mol. The molecule has 2 fully saturated rings. The zero-order valence-electron chi connectivity index (χ0n) is 27.4. The summed E-state index contributed by atoms with van der Waals surface area (Å²) in [6.07, 6.45) is 3.41. The fourth-order valence-corrected chi connectivity index (χ4v) is 6.61. The summed E-state index contributed by atoms with van der Waals surface area (Å²) in [5.41, 5.74) is 2.08. The number of benzene rings is 3. The Morgan fingerprint density at radius 1 is 0.940 bits per heavy atom. The summed E-state index contributed by atoms with van der Waals surface area (Å²) in [5.74, 6) is -0.437. The Kier molecular flexibility index (Phi) is 9.40. The van der Waals surface area contributed by atoms with Crippen LogP contribution in [0.2, 0.25) is 0 Å². The molecule has 50 heavy (non-hydrogen) atoms. The molecule has 10 nitrogen and oxygen atoms in total. The van der Waals surface area contributed by atoms with Crippen LogP contribution in [-0.4, -0.2) is 65.0 Å². The molecule has 5 aromatic rings. The fraction of sp³-hybridized carbons (Fsp3) is 0.297. The second-order valence-electron chi connectivity index (χ2n) is 12.6. The molecule has 0 aliphatic carbocycles. The van der Waals surface area contributed by atoms with Crippen LogP contribution in [0.5, 0.6) is 5.75 Å². The van der Waals surface area contributed by atoms with Gasteiger partial charge >= 0.3 is 0 Å². The van der Waals surface area contributed by atoms with Crippen molar-refractivity contribution in [3.05, 3.63) is 126 Å². The molecule has 0 saturated carbocycles. The molecule has 7 rings (SSSR count). The first-order valence-electron chi connectivity index (χ1n) is 16.4. The third kappa shape index (κ3) is 7.27. The van der Waals surface area contributed by atoms with Crippen molar-refractivity contribution >= 4 is 23.1 Å². The number of anilines is 3. The number of carbonyl (C=O) groups is 1. The Bertz CT molecular complexity index is 1940. The van der Waals surface area contributed by atoms with Gasteiger partial charge in [-0.3, -0.25) is 4.79 Å². The number of rotatable bonds is 10. The van der Waals surface area contributed by atoms with Crippen molar-refractivity contribution in [1.82, 2.24) is 19.7 Å². The SMILES string of the molecule is Cc1nc(N2CCN(c3ccc(C(=O)Nc4ccc(F)cc4)cc3)CC2)ccc1OC[C@@H]1CO[C@@](Cn2cncn2)(c2ccc(F)cc2F)C1. The van der Waals surface area contributed by atoms with E-state index in [0.29, 0.717) is 36.6 Å². The van der Waals surface area contributed by atoms with Crippen molar-refractivity contribution < 1.29 is 27.4 Å². The zero-order chi connectivity index (χ0) is 34.7. The predicted octanol–water partition coefficient (Wildman–Crippen LogP) is 5.99. The summed E-state index contributed by atoms with van der Waals surface area (Å²) in [6.45, 7) is 5.94. The van der Waals surface area contributed by atoms with E-state index in [1.165, 1.54) is 42.7 Å². The van der Waals surface area contributed by atoms with Gasteiger partial charge in [-0.25, -0.2) is 27.8 Å². The second-order valence-corrected chi connectivity index (χ2v) is 12.6. The first kappa shape index (κ1) is 33.1. The quantitative estimate of drug-likeness (QED) is 0.192. The highest BCUT2D eigenvalue weighted by molar-refractivity contribution is 6.04. The van der Waals surface area contributed by atoms with E-state index in [9.17, 15) is 18.0 Å². The van der Waals surface area contributed by atoms with Crippen LogP contribution in [0.3, 0.4) is 0 Å². The van der Waals surface area contributed by atoms with Crippen molar-refractivity contribution in [3.8, 4) is 5.75 Å². The molecule has 2 aliphatic rings. The number of nitrogens with one attached hydrogen (secondary N) is 1. The standard InChI is InChI=1S/C37H36F3N7O3/c1-25-34(49-20-26-19-37(50-21-26,22-47-24-41-23-42-47)32-11-6-29(39)18-33(32)40)12-13-35(43-25)46-16-14-45(15-17-46)31-9-2-27(3-10-31)36(48)44-30-7-4-28(38)5-8-30/h2-13,18,23-24,26H,14-17,19-22H2,1H3,(H,44,48)/t26-,37+/m1/s1. The van der Waals surface area contributed by atoms with E-state index in [1.54, 1.807) is 23.1 Å². The molecule has 1 N–H and O–H groups in total. The number of aromatic nitrogens is 4. The highest BCUT2D eigenvalue weighted by Gasteiger charge is 2.44. The normalized spacial score (nSPS) is 19.1. The molecule has 4 heterocycles. The van der Waals surface area contributed by atoms with Crippen molar-refractivity contribution in [1.29, 1.82) is 0 Å². The zero-order valence-corrected chi connectivity index (χ0v) is 27.4. The van der Waals surface area contributed by atoms with E-state index < -0.39 is 17.2 Å². The minimum atomic E-state index is -1.04. The van der Waals surface area contributed by atoms with E-state index in [4.69, 9.17) is 14.5 Å². The first-order valence-corrected chi connectivity index (χ1v) is 16.4. The largest absolute Gasteiger partial charge is 0.491 e. The summed E-state index contributed by atoms with van der Waals surface area (Å²) >= 11 is 0. The molecule has 2 aromatic heterocycles. The molecule has 2 saturated heterocycles. The van der Waals surface area contributed by atoms with E-state index in [1.807, 2.05) is 31.2 Å². The lowest BCUT2D eigenvalue weighted by molar-refractivity contribution is -0.0206. The summed E-state index contributed by atoms with van der Waals surface area (Å²) in [6, 6.07) is 20.6. The lowest BCUT2D eigenvalue weighted by Gasteiger charge is -2.37. The van der Waals surface area contributed by atoms with E-state index in [-0.39, 0.29) is 29.8 Å². The molecule has 0 radical (unpaired) electrons. The highest BCUT2D eigenvalue weighted by atomic mass is 19.1. The molecule has 2 aliphatic heterocycles. The molecule has 1 amide bonds. The summed E-state index contributed by atoms with van der Waals surface area (Å²) < 4.78 is 55.9. The smallest absolute Gasteiger partial charge is 0.255 e. The van der Waals surface area contributed by atoms with Crippen LogP contribution in [0.1, 0.15) is 28.0 Å². The molecular weight excluding hydrogens is 647 g/mol. The Hall–Kier alpha value is -5.43. The van der Waals surface area contributed by atoms with Crippen molar-refractivity contribution in [3.63, 3.8) is 0 Å². The van der Waals surface area contributed by atoms with Crippen molar-refractivity contribution in [2.75, 3.05) is 54.5 Å². The average molecular weight is 684 g/mol. The number of ether oxygens (including phenoxy) is 2. The molecular formula is C37H36F3N7O3. The van der Waals surface area contributed by atoms with Crippen LogP contribution >= 0.6 is 0 Å². The van der Waals surface area contributed by atoms with Crippen LogP contribution in [-0.2, 0) is 16.9 Å². The number of carbonyl (C=O) groups excluding carboxylic acids is 1. The average Bonchev–Trinajstić information content (AvgIpc) is 3.79. The third-order valence-electron chi connectivity index (χ3n) is 9.22. The minimum Gasteiger partial charge on any atom is -0.491 e. The molecule has 3 aromatic carbocycles. The molecule has 2 atom stereocenters. The topological polar surface area (TPSA) is 97.6 Å². The molecule has 0 bridgehead atoms. The number of halogens is 3. The number of hydrogen-bond donors (Lipinski definition) is 1. The molecule has 0 unspecified atom stereocenters. The van der Waals surface area contributed by atoms with Crippen molar-refractivity contribution in [2.24, 2.45) is 5.92 Å². The van der Waals surface area contributed by atoms with Crippen LogP contribution in [0.4, 0.5) is 30.4 Å². The predicted molar refractivity (Wildman–Crippen MR) is 182 cm³/mol. The van der Waals surface area contributed by atoms with Gasteiger partial charge in [0, 0.05) is 60.7 Å². The number of nitrogens with zero attached hydrogens (tertiary/aromatic N) is 6. The van der Waals surface area contributed by atoms with Gasteiger partial charge in [-0.05, 0) is 80.1 Å². The molecule has 258 valence electrons. The maximum absolute atomic E-state index is 15.0. The van der Waals surface area contributed by atoms with Gasteiger partial charge in [-0.1, -0.05) is 6.07 Å². The van der Waals surface area contributed by atoms with Gasteiger partial charge < -0.3 is 24.6 Å². The fourth-order valence-electron chi connectivity index (χ4n) is 6.61. The van der Waals surface area contributed by atoms with Crippen LogP contribution in [0, 0.1) is 30.3 Å². The second kappa shape index (κ2) is 14.2. The van der Waals surface area contributed by atoms with E-state index in [0.717, 1.165) is 49.4 Å². The molecule has 13 heteroatoms. The van der Waals surface area contributed by atoms with Gasteiger partial charge in [-0.2, -0.15) is 5.10 Å². The van der Waals surface area contributed by atoms with Gasteiger partial charge in [-0.15, -0.1) is 0 Å². The Morgan fingerprint density at radius 2 is 1.68 bits per heavy atom. The van der Waals surface area contributed by atoms with Crippen LogP contribution in [0.25, 0.3) is 0 Å². The number of amides is 1. The maximum atomic E-state index is 15.0. The van der Waals surface area contributed by atoms with Crippen molar-refractivity contribution in [2.45, 2.75) is 25.5 Å². The summed E-state index contributed by atoms with van der Waals surface area (Å²) in [5, 5.41) is 6.96. The lowest BCUT2D eigenvalue weighted by Crippen LogP contribution is -2.46. The van der Waals surface area contributed by atoms with E-state index in [2.05, 4.69) is 25.2 Å².